The highest BCUT2D eigenvalue weighted by Crippen LogP contribution is 2.02. The molecule has 0 aromatic heterocycles. The van der Waals surface area contributed by atoms with Crippen molar-refractivity contribution in [1.82, 2.24) is 0 Å². The minimum absolute atomic E-state index is 0.141. The van der Waals surface area contributed by atoms with Crippen molar-refractivity contribution >= 4 is 11.6 Å². The van der Waals surface area contributed by atoms with Gasteiger partial charge in [0.05, 0.1) is 5.38 Å². The number of rotatable bonds is 2. The first-order valence-corrected chi connectivity index (χ1v) is 2.58. The van der Waals surface area contributed by atoms with E-state index in [9.17, 15) is 4.91 Å². The standard InChI is InChI=1S/C4H8ClNO/c1-3(5)4(2)6-7/h3-4H,1-2H3/t3?,4-/m0/s1. The molecule has 0 aliphatic rings. The Balaban J connectivity index is 3.33. The number of alkyl halides is 1. The van der Waals surface area contributed by atoms with Gasteiger partial charge in [-0.05, 0) is 13.8 Å². The van der Waals surface area contributed by atoms with Gasteiger partial charge < -0.3 is 0 Å². The van der Waals surface area contributed by atoms with Crippen LogP contribution in [-0.2, 0) is 0 Å². The van der Waals surface area contributed by atoms with Crippen molar-refractivity contribution in [1.29, 1.82) is 0 Å². The van der Waals surface area contributed by atoms with E-state index in [1.807, 2.05) is 0 Å². The van der Waals surface area contributed by atoms with Crippen molar-refractivity contribution in [3.05, 3.63) is 4.91 Å². The third-order valence-electron chi connectivity index (χ3n) is 0.831. The molecule has 0 rings (SSSR count). The van der Waals surface area contributed by atoms with Crippen molar-refractivity contribution in [2.45, 2.75) is 25.3 Å². The highest BCUT2D eigenvalue weighted by molar-refractivity contribution is 6.20. The summed E-state index contributed by atoms with van der Waals surface area (Å²) in [7, 11) is 0. The summed E-state index contributed by atoms with van der Waals surface area (Å²) in [5, 5.41) is 2.56. The maximum absolute atomic E-state index is 9.61. The number of nitroso groups, excluding NO2 is 1. The lowest BCUT2D eigenvalue weighted by Gasteiger charge is -2.00. The van der Waals surface area contributed by atoms with E-state index in [-0.39, 0.29) is 11.4 Å². The molecule has 0 saturated heterocycles. The van der Waals surface area contributed by atoms with Gasteiger partial charge in [-0.1, -0.05) is 5.18 Å². The second-order valence-corrected chi connectivity index (χ2v) is 2.21. The van der Waals surface area contributed by atoms with E-state index in [0.717, 1.165) is 0 Å². The van der Waals surface area contributed by atoms with Crippen LogP contribution in [0.2, 0.25) is 0 Å². The van der Waals surface area contributed by atoms with Gasteiger partial charge in [0.2, 0.25) is 0 Å². The lowest BCUT2D eigenvalue weighted by Crippen LogP contribution is -2.08. The molecule has 0 heterocycles. The first-order chi connectivity index (χ1) is 3.18. The summed E-state index contributed by atoms with van der Waals surface area (Å²) in [6.07, 6.45) is 0. The van der Waals surface area contributed by atoms with Gasteiger partial charge in [-0.15, -0.1) is 11.6 Å². The predicted molar refractivity (Wildman–Crippen MR) is 30.6 cm³/mol. The lowest BCUT2D eigenvalue weighted by atomic mass is 10.3. The molecular weight excluding hydrogens is 114 g/mol. The molecule has 42 valence electrons. The molecule has 0 aromatic carbocycles. The Bertz CT molecular complexity index is 64.7. The third-order valence-corrected chi connectivity index (χ3v) is 1.20. The van der Waals surface area contributed by atoms with Gasteiger partial charge in [-0.25, -0.2) is 0 Å². The van der Waals surface area contributed by atoms with E-state index < -0.39 is 0 Å². The number of hydrogen-bond acceptors (Lipinski definition) is 2. The summed E-state index contributed by atoms with van der Waals surface area (Å²) < 4.78 is 0. The topological polar surface area (TPSA) is 29.4 Å². The largest absolute Gasteiger partial charge is 0.150 e. The summed E-state index contributed by atoms with van der Waals surface area (Å²) in [5.74, 6) is 0. The second kappa shape index (κ2) is 2.97. The molecule has 7 heavy (non-hydrogen) atoms. The molecule has 2 nitrogen and oxygen atoms in total. The molecular formula is C4H8ClNO. The molecule has 0 bridgehead atoms. The maximum atomic E-state index is 9.61. The van der Waals surface area contributed by atoms with Gasteiger partial charge in [0.25, 0.3) is 0 Å². The molecule has 0 radical (unpaired) electrons. The quantitative estimate of drug-likeness (QED) is 0.405. The van der Waals surface area contributed by atoms with Gasteiger partial charge >= 0.3 is 0 Å². The van der Waals surface area contributed by atoms with Gasteiger partial charge in [-0.3, -0.25) is 0 Å². The van der Waals surface area contributed by atoms with Gasteiger partial charge in [0, 0.05) is 0 Å². The normalized spacial score (nSPS) is 18.1. The average molecular weight is 122 g/mol. The van der Waals surface area contributed by atoms with Crippen LogP contribution < -0.4 is 0 Å². The van der Waals surface area contributed by atoms with Gasteiger partial charge in [-0.2, -0.15) is 4.91 Å². The first-order valence-electron chi connectivity index (χ1n) is 2.15. The van der Waals surface area contributed by atoms with Crippen LogP contribution in [0, 0.1) is 4.91 Å². The second-order valence-electron chi connectivity index (χ2n) is 1.52. The summed E-state index contributed by atoms with van der Waals surface area (Å²) in [4.78, 5) is 9.61. The molecule has 0 amide bonds. The fourth-order valence-corrected chi connectivity index (χ4v) is 0.130. The van der Waals surface area contributed by atoms with E-state index in [0.29, 0.717) is 0 Å². The molecule has 2 atom stereocenters. The van der Waals surface area contributed by atoms with Crippen molar-refractivity contribution in [2.75, 3.05) is 0 Å². The van der Waals surface area contributed by atoms with E-state index in [1.54, 1.807) is 13.8 Å². The zero-order valence-electron chi connectivity index (χ0n) is 4.39. The molecule has 0 fully saturated rings. The van der Waals surface area contributed by atoms with Crippen LogP contribution in [-0.4, -0.2) is 11.4 Å². The SMILES string of the molecule is CC(Cl)[C@H](C)N=O. The third kappa shape index (κ3) is 2.57. The van der Waals surface area contributed by atoms with Crippen molar-refractivity contribution in [3.8, 4) is 0 Å². The van der Waals surface area contributed by atoms with Crippen LogP contribution in [0.25, 0.3) is 0 Å². The van der Waals surface area contributed by atoms with E-state index in [1.165, 1.54) is 0 Å². The number of hydrogen-bond donors (Lipinski definition) is 0. The highest BCUT2D eigenvalue weighted by atomic mass is 35.5. The molecule has 3 heteroatoms. The van der Waals surface area contributed by atoms with E-state index in [2.05, 4.69) is 5.18 Å². The highest BCUT2D eigenvalue weighted by Gasteiger charge is 2.06. The Morgan fingerprint density at radius 1 is 1.57 bits per heavy atom. The Kier molecular flexibility index (Phi) is 2.92. The zero-order valence-corrected chi connectivity index (χ0v) is 5.14. The number of nitrogens with zero attached hydrogens (tertiary/aromatic N) is 1. The van der Waals surface area contributed by atoms with Gasteiger partial charge in [0.15, 0.2) is 0 Å². The fraction of sp³-hybridized carbons (Fsp3) is 1.00. The number of halogens is 1. The van der Waals surface area contributed by atoms with Crippen LogP contribution in [0.1, 0.15) is 13.8 Å². The van der Waals surface area contributed by atoms with Gasteiger partial charge in [0.1, 0.15) is 6.04 Å². The summed E-state index contributed by atoms with van der Waals surface area (Å²) in [5.41, 5.74) is 0. The summed E-state index contributed by atoms with van der Waals surface area (Å²) >= 11 is 5.43. The van der Waals surface area contributed by atoms with Crippen LogP contribution in [0.5, 0.6) is 0 Å². The molecule has 0 N–H and O–H groups in total. The van der Waals surface area contributed by atoms with Crippen molar-refractivity contribution in [2.24, 2.45) is 5.18 Å². The molecule has 0 spiro atoms. The smallest absolute Gasteiger partial charge is 0.105 e. The van der Waals surface area contributed by atoms with Crippen LogP contribution in [0.3, 0.4) is 0 Å². The van der Waals surface area contributed by atoms with Crippen molar-refractivity contribution in [3.63, 3.8) is 0 Å². The fourth-order valence-electron chi connectivity index (χ4n) is 0.0839. The Morgan fingerprint density at radius 2 is 2.00 bits per heavy atom. The maximum Gasteiger partial charge on any atom is 0.105 e. The lowest BCUT2D eigenvalue weighted by molar-refractivity contribution is 0.719. The van der Waals surface area contributed by atoms with Crippen LogP contribution in [0.4, 0.5) is 0 Å². The Morgan fingerprint density at radius 3 is 2.00 bits per heavy atom. The molecule has 0 aliphatic carbocycles. The van der Waals surface area contributed by atoms with Crippen molar-refractivity contribution < 1.29 is 0 Å². The van der Waals surface area contributed by atoms with Crippen LogP contribution in [0.15, 0.2) is 5.18 Å². The minimum atomic E-state index is -0.262. The van der Waals surface area contributed by atoms with E-state index >= 15 is 0 Å². The summed E-state index contributed by atoms with van der Waals surface area (Å²) in [6, 6.07) is -0.262. The monoisotopic (exact) mass is 121 g/mol. The Labute approximate surface area is 47.8 Å². The molecule has 0 aliphatic heterocycles. The van der Waals surface area contributed by atoms with Crippen LogP contribution >= 0.6 is 11.6 Å². The summed E-state index contributed by atoms with van der Waals surface area (Å²) in [6.45, 7) is 3.43. The molecule has 0 aromatic rings. The average Bonchev–Trinajstić information content (AvgIpc) is 1.65. The van der Waals surface area contributed by atoms with E-state index in [4.69, 9.17) is 11.6 Å². The minimum Gasteiger partial charge on any atom is -0.150 e. The first kappa shape index (κ1) is 6.89. The molecule has 0 saturated carbocycles. The predicted octanol–water partition coefficient (Wildman–Crippen LogP) is 1.77. The zero-order chi connectivity index (χ0) is 5.86. The molecule has 1 unspecified atom stereocenters. The Hall–Kier alpha value is -0.110.